The van der Waals surface area contributed by atoms with Crippen molar-refractivity contribution in [1.29, 1.82) is 5.41 Å². The smallest absolute Gasteiger partial charge is 0.124 e. The largest absolute Gasteiger partial charge is 0.384 e. The summed E-state index contributed by atoms with van der Waals surface area (Å²) < 4.78 is 0. The molecular weight excluding hydrogens is 206 g/mol. The number of hydrogen-bond donors (Lipinski definition) is 2. The van der Waals surface area contributed by atoms with Gasteiger partial charge >= 0.3 is 0 Å². The number of nitrogens with zero attached hydrogens (tertiary/aromatic N) is 1. The number of hydrogen-bond acceptors (Lipinski definition) is 3. The van der Waals surface area contributed by atoms with E-state index in [4.69, 9.17) is 11.1 Å². The molecule has 0 saturated carbocycles. The summed E-state index contributed by atoms with van der Waals surface area (Å²) in [7, 11) is 0. The predicted octanol–water partition coefficient (Wildman–Crippen LogP) is 2.65. The Kier molecular flexibility index (Phi) is 5.18. The highest BCUT2D eigenvalue weighted by Crippen LogP contribution is 2.22. The number of aromatic nitrogens is 1. The van der Waals surface area contributed by atoms with E-state index in [1.54, 1.807) is 30.2 Å². The highest BCUT2D eigenvalue weighted by molar-refractivity contribution is 7.99. The van der Waals surface area contributed by atoms with Gasteiger partial charge in [-0.1, -0.05) is 19.8 Å². The fraction of sp³-hybridized carbons (Fsp3) is 0.455. The van der Waals surface area contributed by atoms with Crippen LogP contribution < -0.4 is 5.73 Å². The van der Waals surface area contributed by atoms with Crippen LogP contribution in [0.15, 0.2) is 23.4 Å². The van der Waals surface area contributed by atoms with Gasteiger partial charge < -0.3 is 5.73 Å². The molecule has 0 atom stereocenters. The first-order chi connectivity index (χ1) is 7.25. The van der Waals surface area contributed by atoms with E-state index in [0.29, 0.717) is 0 Å². The SMILES string of the molecule is CCCCCSc1cnccc1C(=N)N. The summed E-state index contributed by atoms with van der Waals surface area (Å²) in [6.45, 7) is 2.19. The van der Waals surface area contributed by atoms with Crippen molar-refractivity contribution in [3.63, 3.8) is 0 Å². The third-order valence-electron chi connectivity index (χ3n) is 2.08. The summed E-state index contributed by atoms with van der Waals surface area (Å²) in [5.41, 5.74) is 6.28. The van der Waals surface area contributed by atoms with Crippen molar-refractivity contribution in [2.24, 2.45) is 5.73 Å². The van der Waals surface area contributed by atoms with Crippen molar-refractivity contribution < 1.29 is 0 Å². The predicted molar refractivity (Wildman–Crippen MR) is 65.5 cm³/mol. The molecule has 0 unspecified atom stereocenters. The Morgan fingerprint density at radius 3 is 3.00 bits per heavy atom. The lowest BCUT2D eigenvalue weighted by atomic mass is 10.2. The molecule has 0 bridgehead atoms. The maximum Gasteiger partial charge on any atom is 0.124 e. The monoisotopic (exact) mass is 223 g/mol. The number of unbranched alkanes of at least 4 members (excludes halogenated alkanes) is 2. The van der Waals surface area contributed by atoms with Gasteiger partial charge in [-0.05, 0) is 18.2 Å². The Labute approximate surface area is 95.0 Å². The molecule has 82 valence electrons. The van der Waals surface area contributed by atoms with Crippen LogP contribution in [0.25, 0.3) is 0 Å². The molecule has 1 rings (SSSR count). The third kappa shape index (κ3) is 3.91. The van der Waals surface area contributed by atoms with Crippen molar-refractivity contribution in [3.05, 3.63) is 24.0 Å². The molecule has 0 saturated heterocycles. The second kappa shape index (κ2) is 6.45. The Bertz CT molecular complexity index is 325. The van der Waals surface area contributed by atoms with Crippen molar-refractivity contribution in [3.8, 4) is 0 Å². The van der Waals surface area contributed by atoms with Crippen LogP contribution in [-0.4, -0.2) is 16.6 Å². The van der Waals surface area contributed by atoms with E-state index < -0.39 is 0 Å². The van der Waals surface area contributed by atoms with Gasteiger partial charge in [0.1, 0.15) is 5.84 Å². The normalized spacial score (nSPS) is 10.2. The number of nitrogens with two attached hydrogens (primary N) is 1. The molecular formula is C11H17N3S. The summed E-state index contributed by atoms with van der Waals surface area (Å²) in [6.07, 6.45) is 7.14. The summed E-state index contributed by atoms with van der Waals surface area (Å²) >= 11 is 1.73. The quantitative estimate of drug-likeness (QED) is 0.337. The minimum Gasteiger partial charge on any atom is -0.384 e. The third-order valence-corrected chi connectivity index (χ3v) is 3.21. The molecule has 0 aliphatic rings. The molecule has 0 aliphatic carbocycles. The average Bonchev–Trinajstić information content (AvgIpc) is 2.25. The van der Waals surface area contributed by atoms with E-state index in [1.807, 2.05) is 0 Å². The molecule has 0 aromatic carbocycles. The van der Waals surface area contributed by atoms with E-state index in [0.717, 1.165) is 16.2 Å². The Balaban J connectivity index is 2.56. The van der Waals surface area contributed by atoms with Crippen LogP contribution in [0.5, 0.6) is 0 Å². The maximum atomic E-state index is 7.43. The molecule has 3 nitrogen and oxygen atoms in total. The summed E-state index contributed by atoms with van der Waals surface area (Å²) in [4.78, 5) is 5.07. The van der Waals surface area contributed by atoms with E-state index in [-0.39, 0.29) is 5.84 Å². The first-order valence-electron chi connectivity index (χ1n) is 5.17. The first kappa shape index (κ1) is 12.0. The first-order valence-corrected chi connectivity index (χ1v) is 6.15. The Morgan fingerprint density at radius 2 is 2.33 bits per heavy atom. The zero-order valence-corrected chi connectivity index (χ0v) is 9.81. The van der Waals surface area contributed by atoms with Gasteiger partial charge in [-0.2, -0.15) is 0 Å². The van der Waals surface area contributed by atoms with Crippen molar-refractivity contribution in [2.45, 2.75) is 31.1 Å². The number of pyridine rings is 1. The van der Waals surface area contributed by atoms with Crippen LogP contribution in [0.3, 0.4) is 0 Å². The maximum absolute atomic E-state index is 7.43. The fourth-order valence-corrected chi connectivity index (χ4v) is 2.29. The second-order valence-corrected chi connectivity index (χ2v) is 4.48. The van der Waals surface area contributed by atoms with Crippen LogP contribution in [0, 0.1) is 5.41 Å². The van der Waals surface area contributed by atoms with E-state index >= 15 is 0 Å². The average molecular weight is 223 g/mol. The summed E-state index contributed by atoms with van der Waals surface area (Å²) in [6, 6.07) is 1.80. The van der Waals surface area contributed by atoms with Crippen LogP contribution >= 0.6 is 11.8 Å². The van der Waals surface area contributed by atoms with Gasteiger partial charge in [0.05, 0.1) is 0 Å². The van der Waals surface area contributed by atoms with Crippen LogP contribution in [0.4, 0.5) is 0 Å². The second-order valence-electron chi connectivity index (χ2n) is 3.34. The molecule has 0 spiro atoms. The molecule has 1 heterocycles. The number of amidine groups is 1. The van der Waals surface area contributed by atoms with Gasteiger partial charge in [-0.3, -0.25) is 10.4 Å². The summed E-state index contributed by atoms with van der Waals surface area (Å²) in [5, 5.41) is 7.43. The lowest BCUT2D eigenvalue weighted by Gasteiger charge is -2.06. The van der Waals surface area contributed by atoms with Crippen LogP contribution in [0.2, 0.25) is 0 Å². The standard InChI is InChI=1S/C11H17N3S/c1-2-3-4-7-15-10-8-14-6-5-9(10)11(12)13/h5-6,8H,2-4,7H2,1H3,(H3,12,13). The topological polar surface area (TPSA) is 62.8 Å². The van der Waals surface area contributed by atoms with Crippen molar-refractivity contribution in [1.82, 2.24) is 4.98 Å². The van der Waals surface area contributed by atoms with E-state index in [9.17, 15) is 0 Å². The summed E-state index contributed by atoms with van der Waals surface area (Å²) in [5.74, 6) is 1.19. The molecule has 4 heteroatoms. The van der Waals surface area contributed by atoms with Gasteiger partial charge in [0.15, 0.2) is 0 Å². The zero-order chi connectivity index (χ0) is 11.1. The highest BCUT2D eigenvalue weighted by Gasteiger charge is 2.04. The van der Waals surface area contributed by atoms with Crippen molar-refractivity contribution >= 4 is 17.6 Å². The number of nitrogens with one attached hydrogen (secondary N) is 1. The Hall–Kier alpha value is -1.03. The fourth-order valence-electron chi connectivity index (χ4n) is 1.25. The molecule has 0 aliphatic heterocycles. The number of nitrogen functional groups attached to an aromatic ring is 1. The molecule has 0 radical (unpaired) electrons. The molecule has 3 N–H and O–H groups in total. The zero-order valence-electron chi connectivity index (χ0n) is 8.99. The minimum absolute atomic E-state index is 0.121. The van der Waals surface area contributed by atoms with Crippen LogP contribution in [-0.2, 0) is 0 Å². The minimum atomic E-state index is 0.121. The van der Waals surface area contributed by atoms with Gasteiger partial charge in [0.25, 0.3) is 0 Å². The van der Waals surface area contributed by atoms with Crippen molar-refractivity contribution in [2.75, 3.05) is 5.75 Å². The molecule has 15 heavy (non-hydrogen) atoms. The lowest BCUT2D eigenvalue weighted by molar-refractivity contribution is 0.778. The molecule has 0 fully saturated rings. The lowest BCUT2D eigenvalue weighted by Crippen LogP contribution is -2.12. The van der Waals surface area contributed by atoms with Gasteiger partial charge in [-0.25, -0.2) is 0 Å². The van der Waals surface area contributed by atoms with Gasteiger partial charge in [0.2, 0.25) is 0 Å². The van der Waals surface area contributed by atoms with Crippen LogP contribution in [0.1, 0.15) is 31.7 Å². The van der Waals surface area contributed by atoms with Gasteiger partial charge in [-0.15, -0.1) is 11.8 Å². The molecule has 1 aromatic heterocycles. The van der Waals surface area contributed by atoms with Gasteiger partial charge in [0, 0.05) is 22.9 Å². The number of rotatable bonds is 6. The van der Waals surface area contributed by atoms with E-state index in [2.05, 4.69) is 11.9 Å². The highest BCUT2D eigenvalue weighted by atomic mass is 32.2. The number of thioether (sulfide) groups is 1. The van der Waals surface area contributed by atoms with E-state index in [1.165, 1.54) is 19.3 Å². The Morgan fingerprint density at radius 1 is 1.53 bits per heavy atom. The molecule has 1 aromatic rings. The molecule has 0 amide bonds.